The number of aryl methyl sites for hydroxylation is 2. The quantitative estimate of drug-likeness (QED) is 0.747. The minimum absolute atomic E-state index is 0.187. The Kier molecular flexibility index (Phi) is 5.09. The molecular weight excluding hydrogens is 318 g/mol. The topological polar surface area (TPSA) is 77.2 Å². The summed E-state index contributed by atoms with van der Waals surface area (Å²) in [5.41, 5.74) is 3.08. The number of carbonyl (C=O) groups is 1. The van der Waals surface area contributed by atoms with Crippen LogP contribution in [-0.4, -0.2) is 16.0 Å². The second kappa shape index (κ2) is 7.61. The molecule has 1 aromatic carbocycles. The summed E-state index contributed by atoms with van der Waals surface area (Å²) in [6.45, 7) is 4.37. The first-order valence-electron chi connectivity index (χ1n) is 7.95. The number of amides is 1. The van der Waals surface area contributed by atoms with Crippen LogP contribution in [0.15, 0.2) is 53.3 Å². The van der Waals surface area contributed by atoms with Crippen molar-refractivity contribution in [2.45, 2.75) is 27.0 Å². The van der Waals surface area contributed by atoms with Crippen LogP contribution >= 0.6 is 0 Å². The van der Waals surface area contributed by atoms with Crippen LogP contribution in [0.5, 0.6) is 5.75 Å². The molecule has 3 aromatic rings. The van der Waals surface area contributed by atoms with Gasteiger partial charge in [-0.25, -0.2) is 0 Å². The maximum Gasteiger partial charge on any atom is 0.257 e. The van der Waals surface area contributed by atoms with Gasteiger partial charge in [0.25, 0.3) is 5.91 Å². The monoisotopic (exact) mass is 337 g/mol. The highest BCUT2D eigenvalue weighted by Crippen LogP contribution is 2.15. The van der Waals surface area contributed by atoms with Gasteiger partial charge in [0.1, 0.15) is 23.7 Å². The lowest BCUT2D eigenvalue weighted by Gasteiger charge is -2.08. The van der Waals surface area contributed by atoms with Gasteiger partial charge in [-0.3, -0.25) is 9.78 Å². The Morgan fingerprint density at radius 2 is 1.96 bits per heavy atom. The van der Waals surface area contributed by atoms with Crippen molar-refractivity contribution in [2.24, 2.45) is 0 Å². The van der Waals surface area contributed by atoms with Crippen molar-refractivity contribution in [3.8, 4) is 5.75 Å². The van der Waals surface area contributed by atoms with Crippen LogP contribution in [0.1, 0.15) is 32.9 Å². The number of rotatable bonds is 6. The Hall–Kier alpha value is -3.15. The number of aromatic nitrogens is 2. The molecule has 2 aromatic heterocycles. The van der Waals surface area contributed by atoms with Gasteiger partial charge >= 0.3 is 0 Å². The van der Waals surface area contributed by atoms with Crippen LogP contribution in [0.2, 0.25) is 0 Å². The minimum Gasteiger partial charge on any atom is -0.489 e. The van der Waals surface area contributed by atoms with Crippen molar-refractivity contribution in [2.75, 3.05) is 0 Å². The summed E-state index contributed by atoms with van der Waals surface area (Å²) in [4.78, 5) is 16.3. The molecule has 0 aliphatic heterocycles. The van der Waals surface area contributed by atoms with Crippen LogP contribution < -0.4 is 10.1 Å². The van der Waals surface area contributed by atoms with Crippen molar-refractivity contribution in [3.63, 3.8) is 0 Å². The predicted molar refractivity (Wildman–Crippen MR) is 92.2 cm³/mol. The molecule has 1 amide bonds. The molecule has 3 rings (SSSR count). The second-order valence-corrected chi connectivity index (χ2v) is 5.68. The molecule has 0 aliphatic rings. The summed E-state index contributed by atoms with van der Waals surface area (Å²) in [7, 11) is 0. The van der Waals surface area contributed by atoms with Crippen LogP contribution in [0.3, 0.4) is 0 Å². The third-order valence-electron chi connectivity index (χ3n) is 3.77. The average molecular weight is 337 g/mol. The Bertz CT molecular complexity index is 823. The van der Waals surface area contributed by atoms with Gasteiger partial charge in [-0.1, -0.05) is 23.4 Å². The largest absolute Gasteiger partial charge is 0.489 e. The molecular formula is C19H19N3O3. The van der Waals surface area contributed by atoms with Crippen molar-refractivity contribution >= 4 is 5.91 Å². The lowest BCUT2D eigenvalue weighted by Crippen LogP contribution is -2.23. The number of nitrogens with zero attached hydrogens (tertiary/aromatic N) is 2. The first kappa shape index (κ1) is 16.7. The Morgan fingerprint density at radius 1 is 1.16 bits per heavy atom. The normalized spacial score (nSPS) is 10.5. The van der Waals surface area contributed by atoms with E-state index < -0.39 is 0 Å². The molecule has 0 saturated heterocycles. The zero-order valence-electron chi connectivity index (χ0n) is 14.2. The van der Waals surface area contributed by atoms with E-state index >= 15 is 0 Å². The molecule has 0 aliphatic carbocycles. The summed E-state index contributed by atoms with van der Waals surface area (Å²) in [5, 5.41) is 6.66. The Labute approximate surface area is 145 Å². The maximum absolute atomic E-state index is 12.2. The number of hydrogen-bond acceptors (Lipinski definition) is 5. The molecule has 6 heteroatoms. The van der Waals surface area contributed by atoms with Crippen LogP contribution in [0, 0.1) is 13.8 Å². The molecule has 0 atom stereocenters. The summed E-state index contributed by atoms with van der Waals surface area (Å²) in [6, 6.07) is 11.5. The number of carbonyl (C=O) groups excluding carboxylic acids is 1. The molecule has 25 heavy (non-hydrogen) atoms. The van der Waals surface area contributed by atoms with Crippen molar-refractivity contribution in [3.05, 3.63) is 76.9 Å². The molecule has 6 nitrogen and oxygen atoms in total. The van der Waals surface area contributed by atoms with Gasteiger partial charge in [-0.05, 0) is 37.6 Å². The zero-order valence-corrected chi connectivity index (χ0v) is 14.2. The lowest BCUT2D eigenvalue weighted by atomic mass is 10.1. The maximum atomic E-state index is 12.2. The fourth-order valence-electron chi connectivity index (χ4n) is 2.43. The van der Waals surface area contributed by atoms with E-state index in [4.69, 9.17) is 9.26 Å². The van der Waals surface area contributed by atoms with Gasteiger partial charge in [0.15, 0.2) is 0 Å². The van der Waals surface area contributed by atoms with Gasteiger partial charge in [0.05, 0.1) is 5.69 Å². The molecule has 2 heterocycles. The molecule has 0 spiro atoms. The summed E-state index contributed by atoms with van der Waals surface area (Å²) >= 11 is 0. The number of nitrogens with one attached hydrogen (secondary N) is 1. The number of pyridine rings is 1. The summed E-state index contributed by atoms with van der Waals surface area (Å²) in [6.07, 6.45) is 3.51. The van der Waals surface area contributed by atoms with Gasteiger partial charge in [-0.2, -0.15) is 0 Å². The standard InChI is InChI=1S/C19H19N3O3/c1-13-18(14(2)25-22-13)19(23)21-11-15-5-7-17(8-6-15)24-12-16-4-3-9-20-10-16/h3-10H,11-12H2,1-2H3,(H,21,23). The summed E-state index contributed by atoms with van der Waals surface area (Å²) in [5.74, 6) is 1.10. The number of ether oxygens (including phenoxy) is 1. The fraction of sp³-hybridized carbons (Fsp3) is 0.211. The molecule has 0 saturated carbocycles. The van der Waals surface area contributed by atoms with E-state index in [1.807, 2.05) is 36.4 Å². The molecule has 128 valence electrons. The minimum atomic E-state index is -0.187. The third-order valence-corrected chi connectivity index (χ3v) is 3.77. The molecule has 0 bridgehead atoms. The molecule has 0 fully saturated rings. The predicted octanol–water partition coefficient (Wildman–Crippen LogP) is 3.20. The van der Waals surface area contributed by atoms with E-state index in [0.717, 1.165) is 16.9 Å². The van der Waals surface area contributed by atoms with E-state index in [0.29, 0.717) is 30.2 Å². The van der Waals surface area contributed by atoms with Crippen LogP contribution in [0.25, 0.3) is 0 Å². The van der Waals surface area contributed by atoms with Gasteiger partial charge in [0.2, 0.25) is 0 Å². The average Bonchev–Trinajstić information content (AvgIpc) is 2.98. The van der Waals surface area contributed by atoms with Gasteiger partial charge in [0, 0.05) is 24.5 Å². The van der Waals surface area contributed by atoms with Crippen LogP contribution in [-0.2, 0) is 13.2 Å². The number of hydrogen-bond donors (Lipinski definition) is 1. The van der Waals surface area contributed by atoms with Crippen molar-refractivity contribution < 1.29 is 14.1 Å². The lowest BCUT2D eigenvalue weighted by molar-refractivity contribution is 0.0949. The van der Waals surface area contributed by atoms with E-state index in [-0.39, 0.29) is 5.91 Å². The first-order chi connectivity index (χ1) is 12.1. The van der Waals surface area contributed by atoms with Gasteiger partial charge in [-0.15, -0.1) is 0 Å². The van der Waals surface area contributed by atoms with Gasteiger partial charge < -0.3 is 14.6 Å². The SMILES string of the molecule is Cc1noc(C)c1C(=O)NCc1ccc(OCc2cccnc2)cc1. The summed E-state index contributed by atoms with van der Waals surface area (Å²) < 4.78 is 10.7. The Morgan fingerprint density at radius 3 is 2.60 bits per heavy atom. The van der Waals surface area contributed by atoms with E-state index in [1.165, 1.54) is 0 Å². The molecule has 0 unspecified atom stereocenters. The fourth-order valence-corrected chi connectivity index (χ4v) is 2.43. The third kappa shape index (κ3) is 4.23. The number of benzene rings is 1. The first-order valence-corrected chi connectivity index (χ1v) is 7.95. The zero-order chi connectivity index (χ0) is 17.6. The second-order valence-electron chi connectivity index (χ2n) is 5.68. The van der Waals surface area contributed by atoms with E-state index in [1.54, 1.807) is 26.2 Å². The highest BCUT2D eigenvalue weighted by molar-refractivity contribution is 5.96. The smallest absolute Gasteiger partial charge is 0.257 e. The Balaban J connectivity index is 1.53. The molecule has 1 N–H and O–H groups in total. The van der Waals surface area contributed by atoms with E-state index in [9.17, 15) is 4.79 Å². The van der Waals surface area contributed by atoms with E-state index in [2.05, 4.69) is 15.5 Å². The van der Waals surface area contributed by atoms with Crippen LogP contribution in [0.4, 0.5) is 0 Å². The van der Waals surface area contributed by atoms with Crippen molar-refractivity contribution in [1.82, 2.24) is 15.5 Å². The molecule has 0 radical (unpaired) electrons. The highest BCUT2D eigenvalue weighted by Gasteiger charge is 2.16. The van der Waals surface area contributed by atoms with Crippen molar-refractivity contribution in [1.29, 1.82) is 0 Å². The highest BCUT2D eigenvalue weighted by atomic mass is 16.5.